The van der Waals surface area contributed by atoms with Crippen molar-refractivity contribution in [3.63, 3.8) is 0 Å². The number of carbonyl (C=O) groups excluding carboxylic acids is 1. The lowest BCUT2D eigenvalue weighted by Crippen LogP contribution is -2.36. The zero-order chi connectivity index (χ0) is 24.0. The van der Waals surface area contributed by atoms with Crippen molar-refractivity contribution in [3.8, 4) is 0 Å². The minimum absolute atomic E-state index is 0.0263. The minimum atomic E-state index is -0.0460. The third-order valence-electron chi connectivity index (χ3n) is 9.09. The van der Waals surface area contributed by atoms with E-state index in [-0.39, 0.29) is 12.1 Å². The second kappa shape index (κ2) is 11.9. The van der Waals surface area contributed by atoms with Gasteiger partial charge in [0.2, 0.25) is 0 Å². The molecule has 0 radical (unpaired) electrons. The van der Waals surface area contributed by atoms with Gasteiger partial charge in [-0.15, -0.1) is 0 Å². The first-order valence-corrected chi connectivity index (χ1v) is 14.0. The predicted octanol–water partition coefficient (Wildman–Crippen LogP) is 8.97. The molecule has 0 spiro atoms. The van der Waals surface area contributed by atoms with Crippen LogP contribution in [-0.2, 0) is 9.53 Å². The fourth-order valence-corrected chi connectivity index (χ4v) is 7.19. The molecule has 0 bridgehead atoms. The Morgan fingerprint density at radius 1 is 1.15 bits per heavy atom. The number of carbonyl (C=O) groups is 1. The zero-order valence-electron chi connectivity index (χ0n) is 22.3. The lowest BCUT2D eigenvalue weighted by Gasteiger charge is -2.44. The van der Waals surface area contributed by atoms with Crippen LogP contribution in [0.2, 0.25) is 0 Å². The molecule has 5 atom stereocenters. The van der Waals surface area contributed by atoms with Crippen LogP contribution in [0.4, 0.5) is 0 Å². The van der Waals surface area contributed by atoms with E-state index in [1.165, 1.54) is 62.5 Å². The maximum absolute atomic E-state index is 12.0. The maximum Gasteiger partial charge on any atom is 0.306 e. The Morgan fingerprint density at radius 2 is 1.94 bits per heavy atom. The van der Waals surface area contributed by atoms with E-state index in [1.807, 2.05) is 6.92 Å². The van der Waals surface area contributed by atoms with Gasteiger partial charge in [0.1, 0.15) is 6.10 Å². The van der Waals surface area contributed by atoms with E-state index < -0.39 is 0 Å². The van der Waals surface area contributed by atoms with Gasteiger partial charge in [0.25, 0.3) is 0 Å². The van der Waals surface area contributed by atoms with E-state index >= 15 is 0 Å². The van der Waals surface area contributed by atoms with Crippen LogP contribution >= 0.6 is 0 Å². The van der Waals surface area contributed by atoms with E-state index in [0.717, 1.165) is 49.4 Å². The summed E-state index contributed by atoms with van der Waals surface area (Å²) in [5, 5.41) is 0. The number of hydrogen-bond acceptors (Lipinski definition) is 2. The molecule has 186 valence electrons. The van der Waals surface area contributed by atoms with Gasteiger partial charge in [0.15, 0.2) is 0 Å². The standard InChI is InChI=1S/C31H50O2/c1-7-10-30(32)33-27-17-14-23(4)26(21-27)16-15-25-13-9-20-31(6)28(18-19-29(25)31)24(5)12-8-11-22(2)3/h15-16,22,24,27-29H,4,7-14,17-21H2,1-3,5-6H3/b25-15+,26-16-/t24-,27-,28-,29+,31-/m1/s1. The summed E-state index contributed by atoms with van der Waals surface area (Å²) in [5.41, 5.74) is 4.68. The van der Waals surface area contributed by atoms with Crippen LogP contribution in [0, 0.1) is 29.1 Å². The van der Waals surface area contributed by atoms with E-state index in [9.17, 15) is 4.79 Å². The fourth-order valence-electron chi connectivity index (χ4n) is 7.19. The monoisotopic (exact) mass is 454 g/mol. The van der Waals surface area contributed by atoms with Crippen LogP contribution in [-0.4, -0.2) is 12.1 Å². The molecular formula is C31H50O2. The molecule has 3 saturated carbocycles. The number of allylic oxidation sites excluding steroid dienone is 4. The van der Waals surface area contributed by atoms with Gasteiger partial charge >= 0.3 is 5.97 Å². The third kappa shape index (κ3) is 6.64. The largest absolute Gasteiger partial charge is 0.462 e. The van der Waals surface area contributed by atoms with Crippen molar-refractivity contribution < 1.29 is 9.53 Å². The van der Waals surface area contributed by atoms with Gasteiger partial charge < -0.3 is 4.74 Å². The highest BCUT2D eigenvalue weighted by Crippen LogP contribution is 2.60. The average Bonchev–Trinajstić information content (AvgIpc) is 3.11. The van der Waals surface area contributed by atoms with Gasteiger partial charge in [-0.2, -0.15) is 0 Å². The lowest BCUT2D eigenvalue weighted by molar-refractivity contribution is -0.149. The first kappa shape index (κ1) is 26.3. The Morgan fingerprint density at radius 3 is 2.67 bits per heavy atom. The Labute approximate surface area is 204 Å². The molecule has 3 aliphatic carbocycles. The summed E-state index contributed by atoms with van der Waals surface area (Å²) in [6.45, 7) is 16.2. The van der Waals surface area contributed by atoms with Crippen molar-refractivity contribution in [1.29, 1.82) is 0 Å². The predicted molar refractivity (Wildman–Crippen MR) is 140 cm³/mol. The molecule has 0 saturated heterocycles. The second-order valence-corrected chi connectivity index (χ2v) is 12.0. The Kier molecular flexibility index (Phi) is 9.48. The van der Waals surface area contributed by atoms with E-state index in [1.54, 1.807) is 5.57 Å². The summed E-state index contributed by atoms with van der Waals surface area (Å²) >= 11 is 0. The SMILES string of the molecule is C=C1CC[C@@H](OC(=O)CCC)C/C1=C/C=C1\CCC[C@]2(C)[C@@H]([C@H](C)CCCC(C)C)CC[C@@H]12. The van der Waals surface area contributed by atoms with Crippen LogP contribution in [0.5, 0.6) is 0 Å². The first-order chi connectivity index (χ1) is 15.7. The normalized spacial score (nSPS) is 33.5. The summed E-state index contributed by atoms with van der Waals surface area (Å²) in [4.78, 5) is 12.0. The number of ether oxygens (including phenoxy) is 1. The molecule has 3 rings (SSSR count). The molecule has 0 aromatic carbocycles. The van der Waals surface area contributed by atoms with Crippen LogP contribution in [0.1, 0.15) is 118 Å². The number of esters is 1. The smallest absolute Gasteiger partial charge is 0.306 e. The molecule has 0 heterocycles. The Balaban J connectivity index is 1.67. The molecule has 3 fully saturated rings. The fraction of sp³-hybridized carbons (Fsp3) is 0.774. The van der Waals surface area contributed by atoms with Crippen LogP contribution < -0.4 is 0 Å². The highest BCUT2D eigenvalue weighted by atomic mass is 16.5. The minimum Gasteiger partial charge on any atom is -0.462 e. The molecule has 0 aromatic rings. The van der Waals surface area contributed by atoms with Crippen molar-refractivity contribution in [1.82, 2.24) is 0 Å². The van der Waals surface area contributed by atoms with Crippen LogP contribution in [0.3, 0.4) is 0 Å². The average molecular weight is 455 g/mol. The van der Waals surface area contributed by atoms with Gasteiger partial charge in [-0.1, -0.05) is 83.8 Å². The van der Waals surface area contributed by atoms with Gasteiger partial charge in [-0.05, 0) is 86.0 Å². The summed E-state index contributed by atoms with van der Waals surface area (Å²) in [7, 11) is 0. The van der Waals surface area contributed by atoms with E-state index in [4.69, 9.17) is 4.74 Å². The summed E-state index contributed by atoms with van der Waals surface area (Å²) in [6.07, 6.45) is 19.8. The van der Waals surface area contributed by atoms with Gasteiger partial charge in [-0.3, -0.25) is 4.79 Å². The third-order valence-corrected chi connectivity index (χ3v) is 9.09. The van der Waals surface area contributed by atoms with Gasteiger partial charge in [-0.25, -0.2) is 0 Å². The van der Waals surface area contributed by atoms with Crippen LogP contribution in [0.25, 0.3) is 0 Å². The molecule has 0 amide bonds. The van der Waals surface area contributed by atoms with Crippen molar-refractivity contribution in [2.24, 2.45) is 29.1 Å². The zero-order valence-corrected chi connectivity index (χ0v) is 22.3. The molecule has 0 unspecified atom stereocenters. The first-order valence-electron chi connectivity index (χ1n) is 14.0. The lowest BCUT2D eigenvalue weighted by atomic mass is 9.60. The maximum atomic E-state index is 12.0. The number of fused-ring (bicyclic) bond motifs is 1. The highest BCUT2D eigenvalue weighted by Gasteiger charge is 2.50. The van der Waals surface area contributed by atoms with E-state index in [2.05, 4.69) is 46.4 Å². The topological polar surface area (TPSA) is 26.3 Å². The van der Waals surface area contributed by atoms with Crippen LogP contribution in [0.15, 0.2) is 35.5 Å². The summed E-state index contributed by atoms with van der Waals surface area (Å²) in [6, 6.07) is 0. The van der Waals surface area contributed by atoms with Gasteiger partial charge in [0, 0.05) is 12.8 Å². The quantitative estimate of drug-likeness (QED) is 0.325. The molecule has 0 N–H and O–H groups in total. The van der Waals surface area contributed by atoms with Crippen molar-refractivity contribution >= 4 is 5.97 Å². The highest BCUT2D eigenvalue weighted by molar-refractivity contribution is 5.69. The van der Waals surface area contributed by atoms with E-state index in [0.29, 0.717) is 11.8 Å². The molecule has 3 aliphatic rings. The molecule has 2 nitrogen and oxygen atoms in total. The Hall–Kier alpha value is -1.31. The summed E-state index contributed by atoms with van der Waals surface area (Å²) < 4.78 is 5.73. The summed E-state index contributed by atoms with van der Waals surface area (Å²) in [5.74, 6) is 3.24. The molecule has 33 heavy (non-hydrogen) atoms. The van der Waals surface area contributed by atoms with Crippen molar-refractivity contribution in [2.45, 2.75) is 124 Å². The Bertz CT molecular complexity index is 742. The van der Waals surface area contributed by atoms with Crippen molar-refractivity contribution in [2.75, 3.05) is 0 Å². The molecule has 0 aromatic heterocycles. The van der Waals surface area contributed by atoms with Crippen molar-refractivity contribution in [3.05, 3.63) is 35.5 Å². The number of hydrogen-bond donors (Lipinski definition) is 0. The molecular weight excluding hydrogens is 404 g/mol. The molecule has 2 heteroatoms. The second-order valence-electron chi connectivity index (χ2n) is 12.0. The van der Waals surface area contributed by atoms with Gasteiger partial charge in [0.05, 0.1) is 0 Å². The number of rotatable bonds is 9. The molecule has 0 aliphatic heterocycles.